The number of unbranched alkanes of at least 4 members (excludes halogenated alkanes) is 19. The van der Waals surface area contributed by atoms with Crippen molar-refractivity contribution in [2.24, 2.45) is 5.73 Å². The van der Waals surface area contributed by atoms with E-state index in [2.05, 4.69) is 38.2 Å². The highest BCUT2D eigenvalue weighted by molar-refractivity contribution is 7.47. The Morgan fingerprint density at radius 1 is 0.604 bits per heavy atom. The molecule has 0 aliphatic rings. The van der Waals surface area contributed by atoms with E-state index >= 15 is 0 Å². The molecule has 0 fully saturated rings. The lowest BCUT2D eigenvalue weighted by Gasteiger charge is -2.19. The Labute approximate surface area is 293 Å². The van der Waals surface area contributed by atoms with Crippen molar-refractivity contribution in [1.29, 1.82) is 0 Å². The lowest BCUT2D eigenvalue weighted by atomic mass is 10.1. The standard InChI is InChI=1S/C38H72NO8P/c1-3-5-7-9-11-13-15-17-19-21-23-25-27-29-31-38(41)47-36(35-46-48(42,43)45-33-32-39)34-44-37(40)30-28-26-24-22-20-18-16-14-12-10-8-6-4-2/h15,17-18,20,36H,3-14,16,19,21-35,39H2,1-2H3,(H,42,43)/b17-15+,20-18+/t36-/m1/s1. The average molecular weight is 702 g/mol. The monoisotopic (exact) mass is 701 g/mol. The van der Waals surface area contributed by atoms with E-state index in [4.69, 9.17) is 24.3 Å². The normalized spacial score (nSPS) is 13.7. The minimum absolute atomic E-state index is 0.0509. The number of rotatable bonds is 36. The maximum atomic E-state index is 12.5. The van der Waals surface area contributed by atoms with E-state index in [1.165, 1.54) is 77.0 Å². The predicted molar refractivity (Wildman–Crippen MR) is 197 cm³/mol. The number of phosphoric acid groups is 1. The summed E-state index contributed by atoms with van der Waals surface area (Å²) in [5, 5.41) is 0. The molecule has 0 aliphatic heterocycles. The molecule has 0 aliphatic carbocycles. The van der Waals surface area contributed by atoms with Crippen molar-refractivity contribution in [2.75, 3.05) is 26.4 Å². The van der Waals surface area contributed by atoms with Crippen molar-refractivity contribution in [1.82, 2.24) is 0 Å². The summed E-state index contributed by atoms with van der Waals surface area (Å²) in [5.74, 6) is -0.857. The molecular formula is C38H72NO8P. The van der Waals surface area contributed by atoms with Crippen molar-refractivity contribution in [3.05, 3.63) is 24.3 Å². The van der Waals surface area contributed by atoms with Gasteiger partial charge >= 0.3 is 19.8 Å². The van der Waals surface area contributed by atoms with Gasteiger partial charge in [-0.1, -0.05) is 122 Å². The Bertz CT molecular complexity index is 851. The fourth-order valence-corrected chi connectivity index (χ4v) is 5.92. The quantitative estimate of drug-likeness (QED) is 0.0283. The molecule has 282 valence electrons. The van der Waals surface area contributed by atoms with Gasteiger partial charge in [0.05, 0.1) is 13.2 Å². The van der Waals surface area contributed by atoms with E-state index in [0.717, 1.165) is 57.8 Å². The summed E-state index contributed by atoms with van der Waals surface area (Å²) >= 11 is 0. The average Bonchev–Trinajstić information content (AvgIpc) is 3.07. The smallest absolute Gasteiger partial charge is 0.462 e. The van der Waals surface area contributed by atoms with Gasteiger partial charge in [-0.3, -0.25) is 18.6 Å². The van der Waals surface area contributed by atoms with Gasteiger partial charge in [0, 0.05) is 19.4 Å². The Morgan fingerprint density at radius 2 is 1.02 bits per heavy atom. The molecule has 0 radical (unpaired) electrons. The van der Waals surface area contributed by atoms with Crippen molar-refractivity contribution in [2.45, 2.75) is 180 Å². The predicted octanol–water partition coefficient (Wildman–Crippen LogP) is 10.4. The highest BCUT2D eigenvalue weighted by atomic mass is 31.2. The van der Waals surface area contributed by atoms with Crippen molar-refractivity contribution >= 4 is 19.8 Å². The van der Waals surface area contributed by atoms with Crippen LogP contribution in [0.15, 0.2) is 24.3 Å². The van der Waals surface area contributed by atoms with E-state index in [1.807, 2.05) is 0 Å². The van der Waals surface area contributed by atoms with Gasteiger partial charge in [0.1, 0.15) is 6.61 Å². The van der Waals surface area contributed by atoms with Crippen LogP contribution in [0.25, 0.3) is 0 Å². The molecule has 0 rings (SSSR count). The first-order valence-electron chi connectivity index (χ1n) is 19.3. The molecule has 0 bridgehead atoms. The molecular weight excluding hydrogens is 629 g/mol. The van der Waals surface area contributed by atoms with Crippen LogP contribution in [0.4, 0.5) is 0 Å². The second-order valence-corrected chi connectivity index (χ2v) is 14.2. The van der Waals surface area contributed by atoms with E-state index in [9.17, 15) is 19.0 Å². The SMILES string of the molecule is CCCCCCC/C=C/CCCCCCCC(=O)O[C@H](COC(=O)CCCCC/C=C/CCCCCCCC)COP(=O)(O)OCCN. The number of hydrogen-bond acceptors (Lipinski definition) is 8. The van der Waals surface area contributed by atoms with Gasteiger partial charge in [0.25, 0.3) is 0 Å². The zero-order valence-electron chi connectivity index (χ0n) is 30.7. The third-order valence-corrected chi connectivity index (χ3v) is 9.04. The highest BCUT2D eigenvalue weighted by Gasteiger charge is 2.25. The maximum absolute atomic E-state index is 12.5. The molecule has 9 nitrogen and oxygen atoms in total. The number of ether oxygens (including phenoxy) is 2. The van der Waals surface area contributed by atoms with Crippen molar-refractivity contribution in [3.63, 3.8) is 0 Å². The summed E-state index contributed by atoms with van der Waals surface area (Å²) in [6.45, 7) is 3.68. The molecule has 0 saturated carbocycles. The van der Waals surface area contributed by atoms with Crippen LogP contribution in [0.5, 0.6) is 0 Å². The van der Waals surface area contributed by atoms with E-state index in [0.29, 0.717) is 12.8 Å². The van der Waals surface area contributed by atoms with Gasteiger partial charge in [-0.25, -0.2) is 4.57 Å². The molecule has 0 saturated heterocycles. The molecule has 0 aromatic rings. The van der Waals surface area contributed by atoms with Crippen LogP contribution >= 0.6 is 7.82 Å². The number of carbonyl (C=O) groups is 2. The zero-order chi connectivity index (χ0) is 35.4. The first-order chi connectivity index (χ1) is 23.3. The summed E-state index contributed by atoms with van der Waals surface area (Å²) in [4.78, 5) is 34.7. The molecule has 2 atom stereocenters. The lowest BCUT2D eigenvalue weighted by molar-refractivity contribution is -0.161. The van der Waals surface area contributed by atoms with Gasteiger partial charge in [-0.05, 0) is 64.2 Å². The molecule has 0 aromatic carbocycles. The molecule has 1 unspecified atom stereocenters. The van der Waals surface area contributed by atoms with E-state index < -0.39 is 32.5 Å². The lowest BCUT2D eigenvalue weighted by Crippen LogP contribution is -2.29. The van der Waals surface area contributed by atoms with Crippen LogP contribution in [-0.2, 0) is 32.7 Å². The fourth-order valence-electron chi connectivity index (χ4n) is 5.15. The fraction of sp³-hybridized carbons (Fsp3) is 0.842. The number of carbonyl (C=O) groups excluding carboxylic acids is 2. The molecule has 0 heterocycles. The number of hydrogen-bond donors (Lipinski definition) is 2. The van der Waals surface area contributed by atoms with Gasteiger partial charge in [-0.2, -0.15) is 0 Å². The second kappa shape index (κ2) is 35.3. The molecule has 0 amide bonds. The van der Waals surface area contributed by atoms with Crippen molar-refractivity contribution in [3.8, 4) is 0 Å². The zero-order valence-corrected chi connectivity index (χ0v) is 31.6. The van der Waals surface area contributed by atoms with Crippen LogP contribution in [0.2, 0.25) is 0 Å². The van der Waals surface area contributed by atoms with Gasteiger partial charge in [0.2, 0.25) is 0 Å². The maximum Gasteiger partial charge on any atom is 0.472 e. The highest BCUT2D eigenvalue weighted by Crippen LogP contribution is 2.43. The Kier molecular flexibility index (Phi) is 34.2. The minimum Gasteiger partial charge on any atom is -0.462 e. The Morgan fingerprint density at radius 3 is 1.50 bits per heavy atom. The summed E-state index contributed by atoms with van der Waals surface area (Å²) < 4.78 is 32.6. The Balaban J connectivity index is 4.26. The van der Waals surface area contributed by atoms with Gasteiger partial charge in [-0.15, -0.1) is 0 Å². The molecule has 10 heteroatoms. The molecule has 0 aromatic heterocycles. The molecule has 48 heavy (non-hydrogen) atoms. The summed E-state index contributed by atoms with van der Waals surface area (Å²) in [6, 6.07) is 0. The first kappa shape index (κ1) is 46.5. The van der Waals surface area contributed by atoms with Crippen molar-refractivity contribution < 1.29 is 37.6 Å². The first-order valence-corrected chi connectivity index (χ1v) is 20.8. The second-order valence-electron chi connectivity index (χ2n) is 12.8. The largest absolute Gasteiger partial charge is 0.472 e. The summed E-state index contributed by atoms with van der Waals surface area (Å²) in [7, 11) is -4.37. The number of allylic oxidation sites excluding steroid dienone is 4. The number of phosphoric ester groups is 1. The number of nitrogens with two attached hydrogens (primary N) is 1. The molecule has 3 N–H and O–H groups in total. The van der Waals surface area contributed by atoms with Gasteiger partial charge in [0.15, 0.2) is 6.10 Å². The Hall–Kier alpha value is -1.51. The summed E-state index contributed by atoms with van der Waals surface area (Å²) in [5.41, 5.74) is 5.33. The summed E-state index contributed by atoms with van der Waals surface area (Å²) in [6.07, 6.45) is 34.9. The molecule has 0 spiro atoms. The topological polar surface area (TPSA) is 134 Å². The van der Waals surface area contributed by atoms with Crippen LogP contribution in [0.3, 0.4) is 0 Å². The third-order valence-electron chi connectivity index (χ3n) is 8.06. The minimum atomic E-state index is -4.37. The van der Waals surface area contributed by atoms with Crippen LogP contribution < -0.4 is 5.73 Å². The van der Waals surface area contributed by atoms with Crippen LogP contribution in [0, 0.1) is 0 Å². The third kappa shape index (κ3) is 34.4. The van der Waals surface area contributed by atoms with E-state index in [-0.39, 0.29) is 32.6 Å². The van der Waals surface area contributed by atoms with Crippen LogP contribution in [-0.4, -0.2) is 49.3 Å². The van der Waals surface area contributed by atoms with Gasteiger partial charge < -0.3 is 20.1 Å². The van der Waals surface area contributed by atoms with E-state index in [1.54, 1.807) is 0 Å². The number of esters is 2. The van der Waals surface area contributed by atoms with Crippen LogP contribution in [0.1, 0.15) is 174 Å².